The highest BCUT2D eigenvalue weighted by Crippen LogP contribution is 2.17. The summed E-state index contributed by atoms with van der Waals surface area (Å²) < 4.78 is 0. The van der Waals surface area contributed by atoms with Crippen molar-refractivity contribution in [2.45, 2.75) is 38.1 Å². The van der Waals surface area contributed by atoms with E-state index >= 15 is 0 Å². The van der Waals surface area contributed by atoms with Crippen LogP contribution in [0.2, 0.25) is 0 Å². The lowest BCUT2D eigenvalue weighted by Crippen LogP contribution is -2.40. The Morgan fingerprint density at radius 1 is 1.18 bits per heavy atom. The smallest absolute Gasteiger partial charge is 0.187 e. The van der Waals surface area contributed by atoms with E-state index in [2.05, 4.69) is 25.8 Å². The molecule has 1 aliphatic rings. The van der Waals surface area contributed by atoms with Crippen molar-refractivity contribution < 1.29 is 0 Å². The Morgan fingerprint density at radius 3 is 2.77 bits per heavy atom. The van der Waals surface area contributed by atoms with Gasteiger partial charge >= 0.3 is 0 Å². The Morgan fingerprint density at radius 2 is 1.95 bits per heavy atom. The number of fused-ring (bicyclic) bond motifs is 1. The lowest BCUT2D eigenvalue weighted by Gasteiger charge is -2.23. The topological polar surface area (TPSA) is 62.2 Å². The third-order valence-corrected chi connectivity index (χ3v) is 3.98. The van der Waals surface area contributed by atoms with Crippen LogP contribution in [0.3, 0.4) is 0 Å². The van der Waals surface area contributed by atoms with E-state index in [1.807, 2.05) is 24.3 Å². The first kappa shape index (κ1) is 14.8. The van der Waals surface area contributed by atoms with Crippen molar-refractivity contribution in [3.63, 3.8) is 0 Å². The van der Waals surface area contributed by atoms with E-state index < -0.39 is 0 Å². The van der Waals surface area contributed by atoms with Crippen LogP contribution >= 0.6 is 12.2 Å². The number of hydrazone groups is 1. The summed E-state index contributed by atoms with van der Waals surface area (Å²) in [6, 6.07) is 8.23. The van der Waals surface area contributed by atoms with E-state index in [1.54, 1.807) is 12.4 Å². The van der Waals surface area contributed by atoms with Crippen molar-refractivity contribution in [1.82, 2.24) is 20.7 Å². The first-order chi connectivity index (χ1) is 10.8. The van der Waals surface area contributed by atoms with Gasteiger partial charge in [-0.1, -0.05) is 31.4 Å². The predicted octanol–water partition coefficient (Wildman–Crippen LogP) is 2.76. The Bertz CT molecular complexity index is 679. The normalized spacial score (nSPS) is 16.0. The van der Waals surface area contributed by atoms with Crippen molar-refractivity contribution >= 4 is 34.6 Å². The van der Waals surface area contributed by atoms with Crippen molar-refractivity contribution in [1.29, 1.82) is 0 Å². The molecule has 3 rings (SSSR count). The molecule has 1 saturated carbocycles. The van der Waals surface area contributed by atoms with Gasteiger partial charge in [-0.15, -0.1) is 0 Å². The molecule has 0 atom stereocenters. The quantitative estimate of drug-likeness (QED) is 0.518. The Kier molecular flexibility index (Phi) is 4.90. The van der Waals surface area contributed by atoms with Gasteiger partial charge in [0.15, 0.2) is 5.11 Å². The van der Waals surface area contributed by atoms with Crippen molar-refractivity contribution in [3.05, 3.63) is 36.2 Å². The van der Waals surface area contributed by atoms with E-state index in [-0.39, 0.29) is 0 Å². The fraction of sp³-hybridized carbons (Fsp3) is 0.375. The van der Waals surface area contributed by atoms with Gasteiger partial charge in [0, 0.05) is 6.04 Å². The molecule has 114 valence electrons. The molecule has 5 nitrogen and oxygen atoms in total. The zero-order valence-corrected chi connectivity index (χ0v) is 13.1. The molecule has 1 fully saturated rings. The highest BCUT2D eigenvalue weighted by Gasteiger charge is 2.13. The van der Waals surface area contributed by atoms with Crippen LogP contribution in [-0.4, -0.2) is 27.3 Å². The molecule has 0 bridgehead atoms. The van der Waals surface area contributed by atoms with Crippen LogP contribution in [0.4, 0.5) is 0 Å². The highest BCUT2D eigenvalue weighted by atomic mass is 32.1. The van der Waals surface area contributed by atoms with E-state index in [9.17, 15) is 0 Å². The summed E-state index contributed by atoms with van der Waals surface area (Å²) >= 11 is 5.26. The molecule has 0 spiro atoms. The Labute approximate surface area is 135 Å². The zero-order valence-electron chi connectivity index (χ0n) is 12.3. The second kappa shape index (κ2) is 7.26. The largest absolute Gasteiger partial charge is 0.359 e. The maximum atomic E-state index is 5.26. The number of nitrogens with one attached hydrogen (secondary N) is 2. The molecule has 0 unspecified atom stereocenters. The molecule has 2 N–H and O–H groups in total. The maximum absolute atomic E-state index is 5.26. The molecular weight excluding hydrogens is 294 g/mol. The van der Waals surface area contributed by atoms with E-state index in [4.69, 9.17) is 12.2 Å². The summed E-state index contributed by atoms with van der Waals surface area (Å²) in [4.78, 5) is 8.81. The predicted molar refractivity (Wildman–Crippen MR) is 92.9 cm³/mol. The van der Waals surface area contributed by atoms with Gasteiger partial charge in [0.25, 0.3) is 0 Å². The summed E-state index contributed by atoms with van der Waals surface area (Å²) in [6.07, 6.45) is 9.58. The van der Waals surface area contributed by atoms with Crippen molar-refractivity contribution in [2.75, 3.05) is 0 Å². The van der Waals surface area contributed by atoms with Gasteiger partial charge in [-0.3, -0.25) is 10.4 Å². The molecule has 1 aromatic heterocycles. The molecule has 1 aliphatic carbocycles. The van der Waals surface area contributed by atoms with E-state index in [1.165, 1.54) is 32.1 Å². The van der Waals surface area contributed by atoms with Crippen molar-refractivity contribution in [3.8, 4) is 0 Å². The zero-order chi connectivity index (χ0) is 15.2. The minimum atomic E-state index is 0.476. The SMILES string of the molecule is S=C(N/N=C\c1cnc2ccccc2n1)NC1CCCCC1. The molecule has 6 heteroatoms. The summed E-state index contributed by atoms with van der Waals surface area (Å²) in [5, 5.41) is 8.00. The molecule has 2 aromatic rings. The van der Waals surface area contributed by atoms with Gasteiger partial charge in [0.1, 0.15) is 5.69 Å². The van der Waals surface area contributed by atoms with Gasteiger partial charge in [0.05, 0.1) is 23.4 Å². The number of aromatic nitrogens is 2. The lowest BCUT2D eigenvalue weighted by molar-refractivity contribution is 0.412. The van der Waals surface area contributed by atoms with Gasteiger partial charge in [-0.05, 0) is 37.2 Å². The number of rotatable bonds is 3. The third kappa shape index (κ3) is 3.98. The Hall–Kier alpha value is -2.08. The maximum Gasteiger partial charge on any atom is 0.187 e. The lowest BCUT2D eigenvalue weighted by atomic mass is 9.96. The number of thiocarbonyl (C=S) groups is 1. The van der Waals surface area contributed by atoms with Crippen LogP contribution in [-0.2, 0) is 0 Å². The number of para-hydroxylation sites is 2. The fourth-order valence-corrected chi connectivity index (χ4v) is 2.87. The van der Waals surface area contributed by atoms with Crippen molar-refractivity contribution in [2.24, 2.45) is 5.10 Å². The summed E-state index contributed by atoms with van der Waals surface area (Å²) in [5.74, 6) is 0. The van der Waals surface area contributed by atoms with E-state index in [0.29, 0.717) is 16.8 Å². The summed E-state index contributed by atoms with van der Waals surface area (Å²) in [7, 11) is 0. The minimum Gasteiger partial charge on any atom is -0.359 e. The average molecular weight is 313 g/mol. The second-order valence-corrected chi connectivity index (χ2v) is 5.87. The van der Waals surface area contributed by atoms with Gasteiger partial charge in [-0.25, -0.2) is 4.98 Å². The van der Waals surface area contributed by atoms with Crippen LogP contribution in [0.15, 0.2) is 35.6 Å². The number of hydrogen-bond donors (Lipinski definition) is 2. The fourth-order valence-electron chi connectivity index (χ4n) is 2.66. The highest BCUT2D eigenvalue weighted by molar-refractivity contribution is 7.80. The van der Waals surface area contributed by atoms with Gasteiger partial charge in [0.2, 0.25) is 0 Å². The van der Waals surface area contributed by atoms with Crippen LogP contribution in [0.5, 0.6) is 0 Å². The molecule has 1 aromatic carbocycles. The van der Waals surface area contributed by atoms with Gasteiger partial charge < -0.3 is 5.32 Å². The van der Waals surface area contributed by atoms with Crippen LogP contribution in [0, 0.1) is 0 Å². The minimum absolute atomic E-state index is 0.476. The Balaban J connectivity index is 1.55. The van der Waals surface area contributed by atoms with Crippen LogP contribution in [0.1, 0.15) is 37.8 Å². The number of hydrogen-bond acceptors (Lipinski definition) is 4. The van der Waals surface area contributed by atoms with Crippen LogP contribution in [0.25, 0.3) is 11.0 Å². The summed E-state index contributed by atoms with van der Waals surface area (Å²) in [6.45, 7) is 0. The molecule has 0 radical (unpaired) electrons. The third-order valence-electron chi connectivity index (χ3n) is 3.77. The van der Waals surface area contributed by atoms with Gasteiger partial charge in [-0.2, -0.15) is 5.10 Å². The number of nitrogens with zero attached hydrogens (tertiary/aromatic N) is 3. The first-order valence-electron chi connectivity index (χ1n) is 7.62. The molecule has 0 amide bonds. The number of benzene rings is 1. The standard InChI is InChI=1S/C16H19N5S/c22-16(20-12-6-2-1-3-7-12)21-18-11-13-10-17-14-8-4-5-9-15(14)19-13/h4-5,8-12H,1-3,6-7H2,(H2,20,21,22)/b18-11-. The van der Waals surface area contributed by atoms with Crippen LogP contribution < -0.4 is 10.7 Å². The summed E-state index contributed by atoms with van der Waals surface area (Å²) in [5.41, 5.74) is 5.28. The molecule has 1 heterocycles. The molecule has 0 aliphatic heterocycles. The second-order valence-electron chi connectivity index (χ2n) is 5.46. The monoisotopic (exact) mass is 313 g/mol. The molecule has 0 saturated heterocycles. The first-order valence-corrected chi connectivity index (χ1v) is 8.03. The van der Waals surface area contributed by atoms with E-state index in [0.717, 1.165) is 11.0 Å². The molecular formula is C16H19N5S. The molecule has 22 heavy (non-hydrogen) atoms. The average Bonchev–Trinajstić information content (AvgIpc) is 2.55.